The van der Waals surface area contributed by atoms with Crippen LogP contribution in [0.2, 0.25) is 0 Å². The van der Waals surface area contributed by atoms with Crippen LogP contribution in [0, 0.1) is 11.6 Å². The summed E-state index contributed by atoms with van der Waals surface area (Å²) in [5.74, 6) is 2.64. The van der Waals surface area contributed by atoms with Crippen LogP contribution in [-0.4, -0.2) is 32.2 Å². The Hall–Kier alpha value is -0.760. The highest BCUT2D eigenvalue weighted by atomic mass is 35.5. The number of imidazole rings is 1. The molecule has 0 aliphatic carbocycles. The number of rotatable bonds is 6. The largest absolute Gasteiger partial charge is 0.355 e. The molecule has 0 fully saturated rings. The van der Waals surface area contributed by atoms with Crippen molar-refractivity contribution in [1.82, 2.24) is 19.9 Å². The molecule has 2 rings (SSSR count). The normalized spacial score (nSPS) is 9.45. The monoisotopic (exact) mass is 353 g/mol. The molecule has 9 heteroatoms. The molecule has 2 aromatic rings. The molecule has 0 aliphatic heterocycles. The number of nitrogens with zero attached hydrogens (tertiary/aromatic N) is 2. The molecule has 0 aromatic carbocycles. The second-order valence-corrected chi connectivity index (χ2v) is 5.28. The smallest absolute Gasteiger partial charge is 0.201 e. The topological polar surface area (TPSA) is 69.4 Å². The van der Waals surface area contributed by atoms with Gasteiger partial charge in [0, 0.05) is 29.9 Å². The second kappa shape index (κ2) is 10.0. The number of hydrogen-bond acceptors (Lipinski definition) is 5. The van der Waals surface area contributed by atoms with Crippen LogP contribution in [0.25, 0.3) is 0 Å². The minimum absolute atomic E-state index is 0. The van der Waals surface area contributed by atoms with E-state index in [4.69, 9.17) is 12.2 Å². The maximum absolute atomic E-state index is 5.02. The van der Waals surface area contributed by atoms with Crippen LogP contribution in [0.15, 0.2) is 18.6 Å². The maximum Gasteiger partial charge on any atom is 0.201 e. The lowest BCUT2D eigenvalue weighted by molar-refractivity contribution is 1.08. The van der Waals surface area contributed by atoms with E-state index >= 15 is 0 Å². The van der Waals surface area contributed by atoms with Crippen molar-refractivity contribution < 1.29 is 0 Å². The molecule has 0 radical (unpaired) electrons. The fraction of sp³-hybridized carbons (Fsp3) is 0.364. The number of nitrogens with one attached hydrogen (secondary N) is 3. The highest BCUT2D eigenvalue weighted by Crippen LogP contribution is 2.12. The molecule has 0 atom stereocenters. The second-order valence-electron chi connectivity index (χ2n) is 3.74. The van der Waals surface area contributed by atoms with Crippen LogP contribution < -0.4 is 5.32 Å². The van der Waals surface area contributed by atoms with Crippen molar-refractivity contribution in [2.24, 2.45) is 0 Å². The number of halogens is 2. The van der Waals surface area contributed by atoms with Gasteiger partial charge in [0.05, 0.1) is 12.0 Å². The van der Waals surface area contributed by atoms with E-state index in [1.807, 2.05) is 18.7 Å². The van der Waals surface area contributed by atoms with Crippen molar-refractivity contribution in [3.63, 3.8) is 0 Å². The molecular formula is C11H17Cl2N5S2. The number of aryl methyl sites for hydroxylation is 1. The van der Waals surface area contributed by atoms with Gasteiger partial charge in [-0.2, -0.15) is 11.8 Å². The van der Waals surface area contributed by atoms with Crippen molar-refractivity contribution in [1.29, 1.82) is 0 Å². The Morgan fingerprint density at radius 3 is 2.80 bits per heavy atom. The van der Waals surface area contributed by atoms with Gasteiger partial charge in [-0.3, -0.25) is 0 Å². The first-order chi connectivity index (χ1) is 8.75. The van der Waals surface area contributed by atoms with Crippen LogP contribution in [0.5, 0.6) is 0 Å². The number of hydrogen-bond donors (Lipinski definition) is 3. The molecule has 0 amide bonds. The fourth-order valence-electron chi connectivity index (χ4n) is 1.40. The van der Waals surface area contributed by atoms with Gasteiger partial charge in [-0.25, -0.2) is 9.97 Å². The zero-order valence-electron chi connectivity index (χ0n) is 10.9. The minimum Gasteiger partial charge on any atom is -0.355 e. The third-order valence-electron chi connectivity index (χ3n) is 2.38. The molecule has 0 saturated carbocycles. The van der Waals surface area contributed by atoms with E-state index < -0.39 is 0 Å². The van der Waals surface area contributed by atoms with Gasteiger partial charge in [0.25, 0.3) is 0 Å². The van der Waals surface area contributed by atoms with E-state index in [2.05, 4.69) is 25.3 Å². The molecule has 2 heterocycles. The van der Waals surface area contributed by atoms with Gasteiger partial charge >= 0.3 is 0 Å². The van der Waals surface area contributed by atoms with E-state index in [0.29, 0.717) is 4.64 Å². The summed E-state index contributed by atoms with van der Waals surface area (Å²) in [5.41, 5.74) is 2.27. The molecular weight excluding hydrogens is 337 g/mol. The summed E-state index contributed by atoms with van der Waals surface area (Å²) >= 11 is 6.85. The Kier molecular flexibility index (Phi) is 9.66. The predicted octanol–water partition coefficient (Wildman–Crippen LogP) is 3.36. The lowest BCUT2D eigenvalue weighted by Crippen LogP contribution is -2.07. The lowest BCUT2D eigenvalue weighted by Gasteiger charge is -2.04. The number of aromatic amines is 2. The zero-order chi connectivity index (χ0) is 12.8. The Morgan fingerprint density at radius 1 is 1.35 bits per heavy atom. The van der Waals surface area contributed by atoms with Crippen LogP contribution in [0.3, 0.4) is 0 Å². The molecule has 0 unspecified atom stereocenters. The van der Waals surface area contributed by atoms with Gasteiger partial charge in [-0.1, -0.05) is 12.2 Å². The molecule has 5 nitrogen and oxygen atoms in total. The highest BCUT2D eigenvalue weighted by Gasteiger charge is 2.00. The fourth-order valence-corrected chi connectivity index (χ4v) is 2.44. The molecule has 0 saturated heterocycles. The van der Waals surface area contributed by atoms with Gasteiger partial charge in [-0.15, -0.1) is 24.8 Å². The van der Waals surface area contributed by atoms with Crippen molar-refractivity contribution in [2.75, 3.05) is 17.6 Å². The molecule has 112 valence electrons. The Morgan fingerprint density at radius 2 is 2.15 bits per heavy atom. The SMILES string of the molecule is Cc1[nH]cnc1CSCCNc1nccc(=S)[nH]1.Cl.Cl. The van der Waals surface area contributed by atoms with E-state index in [-0.39, 0.29) is 24.8 Å². The summed E-state index contributed by atoms with van der Waals surface area (Å²) < 4.78 is 0.687. The van der Waals surface area contributed by atoms with Crippen molar-refractivity contribution in [3.8, 4) is 0 Å². The summed E-state index contributed by atoms with van der Waals surface area (Å²) in [4.78, 5) is 14.5. The van der Waals surface area contributed by atoms with E-state index in [0.717, 1.165) is 35.4 Å². The molecule has 0 bridgehead atoms. The van der Waals surface area contributed by atoms with Crippen LogP contribution in [0.1, 0.15) is 11.4 Å². The standard InChI is InChI=1S/C11H15N5S2.2ClH/c1-8-9(15-7-14-8)6-18-5-4-13-11-12-3-2-10(17)16-11;;/h2-3,7H,4-6H2,1H3,(H,14,15)(H2,12,13,16,17);2*1H. The Balaban J connectivity index is 0.00000180. The van der Waals surface area contributed by atoms with Gasteiger partial charge in [0.2, 0.25) is 5.95 Å². The first kappa shape index (κ1) is 19.2. The molecule has 20 heavy (non-hydrogen) atoms. The molecule has 3 N–H and O–H groups in total. The zero-order valence-corrected chi connectivity index (χ0v) is 14.1. The summed E-state index contributed by atoms with van der Waals surface area (Å²) in [7, 11) is 0. The highest BCUT2D eigenvalue weighted by molar-refractivity contribution is 7.98. The number of aromatic nitrogens is 4. The first-order valence-electron chi connectivity index (χ1n) is 5.61. The average Bonchev–Trinajstić information content (AvgIpc) is 2.75. The number of thioether (sulfide) groups is 1. The van der Waals surface area contributed by atoms with E-state index in [1.54, 1.807) is 18.6 Å². The van der Waals surface area contributed by atoms with Crippen LogP contribution in [-0.2, 0) is 5.75 Å². The van der Waals surface area contributed by atoms with Gasteiger partial charge in [0.1, 0.15) is 4.64 Å². The summed E-state index contributed by atoms with van der Waals surface area (Å²) in [6, 6.07) is 1.76. The summed E-state index contributed by atoms with van der Waals surface area (Å²) in [5, 5.41) is 3.20. The molecule has 0 aliphatic rings. The van der Waals surface area contributed by atoms with Crippen molar-refractivity contribution >= 4 is 54.7 Å². The summed E-state index contributed by atoms with van der Waals surface area (Å²) in [6.45, 7) is 2.88. The first-order valence-corrected chi connectivity index (χ1v) is 7.18. The summed E-state index contributed by atoms with van der Waals surface area (Å²) in [6.07, 6.45) is 3.43. The molecule has 2 aromatic heterocycles. The minimum atomic E-state index is 0. The van der Waals surface area contributed by atoms with E-state index in [1.165, 1.54) is 0 Å². The lowest BCUT2D eigenvalue weighted by atomic mass is 10.4. The van der Waals surface area contributed by atoms with Crippen LogP contribution in [0.4, 0.5) is 5.95 Å². The van der Waals surface area contributed by atoms with Gasteiger partial charge in [-0.05, 0) is 13.0 Å². The predicted molar refractivity (Wildman–Crippen MR) is 91.9 cm³/mol. The average molecular weight is 354 g/mol. The van der Waals surface area contributed by atoms with Crippen molar-refractivity contribution in [2.45, 2.75) is 12.7 Å². The van der Waals surface area contributed by atoms with Gasteiger partial charge in [0.15, 0.2) is 0 Å². The number of anilines is 1. The quantitative estimate of drug-likeness (QED) is 0.548. The Labute approximate surface area is 139 Å². The molecule has 0 spiro atoms. The third kappa shape index (κ3) is 6.13. The Bertz CT molecular complexity index is 557. The third-order valence-corrected chi connectivity index (χ3v) is 3.59. The van der Waals surface area contributed by atoms with Crippen LogP contribution >= 0.6 is 48.8 Å². The van der Waals surface area contributed by atoms with Crippen molar-refractivity contribution in [3.05, 3.63) is 34.6 Å². The van der Waals surface area contributed by atoms with E-state index in [9.17, 15) is 0 Å². The number of H-pyrrole nitrogens is 2. The maximum atomic E-state index is 5.02. The van der Waals surface area contributed by atoms with Gasteiger partial charge < -0.3 is 15.3 Å².